The van der Waals surface area contributed by atoms with Crippen LogP contribution in [0.5, 0.6) is 0 Å². The highest BCUT2D eigenvalue weighted by atomic mass is 15.2. The van der Waals surface area contributed by atoms with Crippen molar-refractivity contribution in [1.29, 1.82) is 0 Å². The van der Waals surface area contributed by atoms with Crippen LogP contribution in [0.25, 0.3) is 0 Å². The Hall–Kier alpha value is -1.06. The van der Waals surface area contributed by atoms with E-state index in [1.807, 2.05) is 12.1 Å². The lowest BCUT2D eigenvalue weighted by atomic mass is 10.0. The first-order valence-electron chi connectivity index (χ1n) is 7.09. The SMILES string of the molecule is [c]1ccc(N2CCC(N3CCNCC3)CC2)cc1. The number of hydrogen-bond acceptors (Lipinski definition) is 3. The Bertz CT molecular complexity index is 351. The van der Waals surface area contributed by atoms with Crippen LogP contribution in [0.1, 0.15) is 12.8 Å². The zero-order valence-corrected chi connectivity index (χ0v) is 10.9. The number of benzene rings is 1. The molecule has 3 rings (SSSR count). The molecule has 0 aromatic heterocycles. The molecule has 0 amide bonds. The second-order valence-corrected chi connectivity index (χ2v) is 5.26. The summed E-state index contributed by atoms with van der Waals surface area (Å²) >= 11 is 0. The lowest BCUT2D eigenvalue weighted by Gasteiger charge is -2.41. The third-order valence-corrected chi connectivity index (χ3v) is 4.20. The molecule has 2 aliphatic heterocycles. The number of piperazine rings is 1. The van der Waals surface area contributed by atoms with E-state index in [0.717, 1.165) is 19.1 Å². The van der Waals surface area contributed by atoms with Gasteiger partial charge in [-0.25, -0.2) is 0 Å². The predicted molar refractivity (Wildman–Crippen MR) is 75.0 cm³/mol. The number of nitrogens with one attached hydrogen (secondary N) is 1. The molecular weight excluding hydrogens is 222 g/mol. The second kappa shape index (κ2) is 5.72. The van der Waals surface area contributed by atoms with Gasteiger partial charge in [-0.2, -0.15) is 0 Å². The summed E-state index contributed by atoms with van der Waals surface area (Å²) in [6.45, 7) is 7.16. The molecule has 3 nitrogen and oxygen atoms in total. The molecule has 2 heterocycles. The maximum Gasteiger partial charge on any atom is 0.0366 e. The molecule has 0 atom stereocenters. The van der Waals surface area contributed by atoms with Gasteiger partial charge in [0, 0.05) is 51.0 Å². The molecule has 0 spiro atoms. The normalized spacial score (nSPS) is 23.2. The highest BCUT2D eigenvalue weighted by molar-refractivity contribution is 5.46. The first-order valence-corrected chi connectivity index (χ1v) is 7.09. The second-order valence-electron chi connectivity index (χ2n) is 5.26. The van der Waals surface area contributed by atoms with Gasteiger partial charge in [0.2, 0.25) is 0 Å². The Balaban J connectivity index is 1.54. The van der Waals surface area contributed by atoms with Crippen LogP contribution in [0.15, 0.2) is 24.3 Å². The van der Waals surface area contributed by atoms with Crippen LogP contribution in [-0.4, -0.2) is 50.2 Å². The molecule has 2 aliphatic rings. The van der Waals surface area contributed by atoms with Crippen molar-refractivity contribution in [3.8, 4) is 0 Å². The first-order chi connectivity index (χ1) is 8.93. The molecule has 0 aliphatic carbocycles. The highest BCUT2D eigenvalue weighted by Crippen LogP contribution is 2.22. The monoisotopic (exact) mass is 244 g/mol. The molecule has 0 bridgehead atoms. The van der Waals surface area contributed by atoms with E-state index in [2.05, 4.69) is 33.3 Å². The molecule has 0 unspecified atom stereocenters. The number of piperidine rings is 1. The summed E-state index contributed by atoms with van der Waals surface area (Å²) < 4.78 is 0. The third kappa shape index (κ3) is 2.68. The zero-order valence-electron chi connectivity index (χ0n) is 10.9. The van der Waals surface area contributed by atoms with Gasteiger partial charge in [-0.15, -0.1) is 0 Å². The van der Waals surface area contributed by atoms with Gasteiger partial charge in [0.25, 0.3) is 0 Å². The minimum atomic E-state index is 0.804. The molecular formula is C15H22N3. The van der Waals surface area contributed by atoms with Crippen molar-refractivity contribution in [2.45, 2.75) is 18.9 Å². The van der Waals surface area contributed by atoms with Crippen molar-refractivity contribution in [3.05, 3.63) is 30.3 Å². The maximum atomic E-state index is 3.43. The minimum Gasteiger partial charge on any atom is -0.371 e. The van der Waals surface area contributed by atoms with Gasteiger partial charge in [0.15, 0.2) is 0 Å². The fourth-order valence-electron chi connectivity index (χ4n) is 3.13. The van der Waals surface area contributed by atoms with Gasteiger partial charge in [-0.3, -0.25) is 4.90 Å². The van der Waals surface area contributed by atoms with Crippen LogP contribution in [0.3, 0.4) is 0 Å². The molecule has 97 valence electrons. The van der Waals surface area contributed by atoms with Crippen LogP contribution < -0.4 is 10.2 Å². The van der Waals surface area contributed by atoms with Crippen molar-refractivity contribution in [2.24, 2.45) is 0 Å². The molecule has 1 aromatic rings. The van der Waals surface area contributed by atoms with Crippen molar-refractivity contribution >= 4 is 5.69 Å². The van der Waals surface area contributed by atoms with Gasteiger partial charge in [0.1, 0.15) is 0 Å². The highest BCUT2D eigenvalue weighted by Gasteiger charge is 2.25. The Labute approximate surface area is 110 Å². The summed E-state index contributed by atoms with van der Waals surface area (Å²) in [5.74, 6) is 0. The molecule has 2 saturated heterocycles. The van der Waals surface area contributed by atoms with Crippen LogP contribution >= 0.6 is 0 Å². The maximum absolute atomic E-state index is 3.43. The Kier molecular flexibility index (Phi) is 3.81. The van der Waals surface area contributed by atoms with Crippen LogP contribution in [0, 0.1) is 6.07 Å². The predicted octanol–water partition coefficient (Wildman–Crippen LogP) is 1.36. The lowest BCUT2D eigenvalue weighted by molar-refractivity contribution is 0.150. The van der Waals surface area contributed by atoms with Gasteiger partial charge in [0.05, 0.1) is 0 Å². The molecule has 1 radical (unpaired) electrons. The number of anilines is 1. The zero-order chi connectivity index (χ0) is 12.2. The van der Waals surface area contributed by atoms with Crippen LogP contribution in [-0.2, 0) is 0 Å². The standard InChI is InChI=1S/C15H22N3/c1-2-4-14(5-3-1)17-10-6-15(7-11-17)18-12-8-16-9-13-18/h2-5,15-16H,6-13H2. The van der Waals surface area contributed by atoms with E-state index in [1.165, 1.54) is 44.7 Å². The average Bonchev–Trinajstić information content (AvgIpc) is 2.49. The van der Waals surface area contributed by atoms with E-state index in [-0.39, 0.29) is 0 Å². The quantitative estimate of drug-likeness (QED) is 0.847. The lowest BCUT2D eigenvalue weighted by Crippen LogP contribution is -2.52. The molecule has 1 aromatic carbocycles. The van der Waals surface area contributed by atoms with Gasteiger partial charge < -0.3 is 10.2 Å². The van der Waals surface area contributed by atoms with E-state index in [1.54, 1.807) is 0 Å². The Morgan fingerprint density at radius 1 is 1.00 bits per heavy atom. The fraction of sp³-hybridized carbons (Fsp3) is 0.600. The Morgan fingerprint density at radius 3 is 2.33 bits per heavy atom. The van der Waals surface area contributed by atoms with E-state index in [9.17, 15) is 0 Å². The first kappa shape index (κ1) is 12.0. The average molecular weight is 244 g/mol. The summed E-state index contributed by atoms with van der Waals surface area (Å²) in [6, 6.07) is 12.3. The topological polar surface area (TPSA) is 18.5 Å². The van der Waals surface area contributed by atoms with Crippen molar-refractivity contribution in [2.75, 3.05) is 44.2 Å². The Morgan fingerprint density at radius 2 is 1.67 bits per heavy atom. The summed E-state index contributed by atoms with van der Waals surface area (Å²) in [4.78, 5) is 5.18. The van der Waals surface area contributed by atoms with Crippen molar-refractivity contribution in [3.63, 3.8) is 0 Å². The molecule has 0 saturated carbocycles. The summed E-state index contributed by atoms with van der Waals surface area (Å²) in [7, 11) is 0. The van der Waals surface area contributed by atoms with Crippen LogP contribution in [0.4, 0.5) is 5.69 Å². The van der Waals surface area contributed by atoms with Gasteiger partial charge in [-0.05, 0) is 31.0 Å². The largest absolute Gasteiger partial charge is 0.371 e. The molecule has 1 N–H and O–H groups in total. The molecule has 2 fully saturated rings. The van der Waals surface area contributed by atoms with E-state index in [4.69, 9.17) is 0 Å². The van der Waals surface area contributed by atoms with Crippen LogP contribution in [0.2, 0.25) is 0 Å². The number of hydrogen-bond donors (Lipinski definition) is 1. The van der Waals surface area contributed by atoms with Gasteiger partial charge in [-0.1, -0.05) is 12.1 Å². The van der Waals surface area contributed by atoms with E-state index in [0.29, 0.717) is 0 Å². The van der Waals surface area contributed by atoms with Crippen molar-refractivity contribution < 1.29 is 0 Å². The molecule has 3 heteroatoms. The minimum absolute atomic E-state index is 0.804. The van der Waals surface area contributed by atoms with E-state index >= 15 is 0 Å². The summed E-state index contributed by atoms with van der Waals surface area (Å²) in [5.41, 5.74) is 1.35. The molecule has 18 heavy (non-hydrogen) atoms. The summed E-state index contributed by atoms with van der Waals surface area (Å²) in [6.07, 6.45) is 2.61. The smallest absolute Gasteiger partial charge is 0.0366 e. The number of rotatable bonds is 2. The number of nitrogens with zero attached hydrogens (tertiary/aromatic N) is 2. The fourth-order valence-corrected chi connectivity index (χ4v) is 3.13. The summed E-state index contributed by atoms with van der Waals surface area (Å²) in [5, 5.41) is 3.43. The van der Waals surface area contributed by atoms with E-state index < -0.39 is 0 Å². The van der Waals surface area contributed by atoms with Gasteiger partial charge >= 0.3 is 0 Å². The van der Waals surface area contributed by atoms with Crippen molar-refractivity contribution in [1.82, 2.24) is 10.2 Å². The third-order valence-electron chi connectivity index (χ3n) is 4.20.